The number of benzene rings is 1. The van der Waals surface area contributed by atoms with Gasteiger partial charge in [0.05, 0.1) is 12.0 Å². The van der Waals surface area contributed by atoms with Crippen molar-refractivity contribution in [2.24, 2.45) is 5.92 Å². The quantitative estimate of drug-likeness (QED) is 0.761. The van der Waals surface area contributed by atoms with Crippen LogP contribution in [0, 0.1) is 11.7 Å². The van der Waals surface area contributed by atoms with Crippen molar-refractivity contribution >= 4 is 11.8 Å². The van der Waals surface area contributed by atoms with E-state index in [4.69, 9.17) is 9.47 Å². The van der Waals surface area contributed by atoms with Crippen LogP contribution < -0.4 is 15.6 Å². The minimum absolute atomic E-state index is 0.0534. The molecule has 1 saturated carbocycles. The van der Waals surface area contributed by atoms with Gasteiger partial charge >= 0.3 is 0 Å². The molecule has 7 heteroatoms. The normalized spacial score (nSPS) is 19.7. The fourth-order valence-corrected chi connectivity index (χ4v) is 1.79. The number of hydrogen-bond donors (Lipinski definition) is 2. The third-order valence-corrected chi connectivity index (χ3v) is 2.96. The number of amides is 2. The van der Waals surface area contributed by atoms with Gasteiger partial charge in [0, 0.05) is 6.61 Å². The number of ether oxygens (including phenoxy) is 2. The van der Waals surface area contributed by atoms with Gasteiger partial charge in [0.15, 0.2) is 6.61 Å². The molecule has 2 amide bonds. The zero-order valence-electron chi connectivity index (χ0n) is 11.6. The smallest absolute Gasteiger partial charge is 0.276 e. The zero-order valence-corrected chi connectivity index (χ0v) is 11.6. The summed E-state index contributed by atoms with van der Waals surface area (Å²) in [6.07, 6.45) is 0.615. The number of carbonyl (C=O) groups excluding carboxylic acids is 2. The summed E-state index contributed by atoms with van der Waals surface area (Å²) in [4.78, 5) is 23.1. The van der Waals surface area contributed by atoms with E-state index in [1.807, 2.05) is 6.92 Å². The highest BCUT2D eigenvalue weighted by Gasteiger charge is 2.44. The summed E-state index contributed by atoms with van der Waals surface area (Å²) in [5, 5.41) is 0. The maximum Gasteiger partial charge on any atom is 0.276 e. The molecule has 114 valence electrons. The van der Waals surface area contributed by atoms with E-state index in [2.05, 4.69) is 10.9 Å². The van der Waals surface area contributed by atoms with Crippen molar-refractivity contribution in [2.45, 2.75) is 19.4 Å². The molecule has 2 rings (SSSR count). The van der Waals surface area contributed by atoms with Crippen molar-refractivity contribution in [2.75, 3.05) is 13.2 Å². The van der Waals surface area contributed by atoms with E-state index in [9.17, 15) is 14.0 Å². The van der Waals surface area contributed by atoms with Gasteiger partial charge in [-0.3, -0.25) is 20.4 Å². The number of carbonyl (C=O) groups is 2. The third-order valence-electron chi connectivity index (χ3n) is 2.96. The zero-order chi connectivity index (χ0) is 15.2. The van der Waals surface area contributed by atoms with Crippen LogP contribution in [-0.4, -0.2) is 31.1 Å². The van der Waals surface area contributed by atoms with Crippen LogP contribution >= 0.6 is 0 Å². The van der Waals surface area contributed by atoms with Gasteiger partial charge in [-0.25, -0.2) is 4.39 Å². The molecule has 0 saturated heterocycles. The maximum atomic E-state index is 12.7. The largest absolute Gasteiger partial charge is 0.484 e. The van der Waals surface area contributed by atoms with Gasteiger partial charge in [-0.05, 0) is 37.6 Å². The van der Waals surface area contributed by atoms with Gasteiger partial charge < -0.3 is 9.47 Å². The topological polar surface area (TPSA) is 76.7 Å². The summed E-state index contributed by atoms with van der Waals surface area (Å²) < 4.78 is 23.1. The lowest BCUT2D eigenvalue weighted by Gasteiger charge is -2.08. The average Bonchev–Trinajstić information content (AvgIpc) is 3.24. The van der Waals surface area contributed by atoms with Crippen molar-refractivity contribution in [1.82, 2.24) is 10.9 Å². The molecule has 0 aromatic heterocycles. The van der Waals surface area contributed by atoms with Crippen LogP contribution in [0.3, 0.4) is 0 Å². The summed E-state index contributed by atoms with van der Waals surface area (Å²) in [5.41, 5.74) is 4.57. The molecule has 0 heterocycles. The number of halogens is 1. The molecule has 0 spiro atoms. The Balaban J connectivity index is 1.64. The second-order valence-electron chi connectivity index (χ2n) is 4.62. The van der Waals surface area contributed by atoms with Crippen molar-refractivity contribution in [3.05, 3.63) is 30.1 Å². The van der Waals surface area contributed by atoms with Crippen LogP contribution in [0.25, 0.3) is 0 Å². The Bertz CT molecular complexity index is 506. The van der Waals surface area contributed by atoms with Gasteiger partial charge in [0.2, 0.25) is 5.91 Å². The molecule has 0 radical (unpaired) electrons. The van der Waals surface area contributed by atoms with Crippen molar-refractivity contribution in [3.8, 4) is 5.75 Å². The molecular formula is C14H17FN2O4. The third kappa shape index (κ3) is 4.71. The van der Waals surface area contributed by atoms with E-state index >= 15 is 0 Å². The van der Waals surface area contributed by atoms with Crippen molar-refractivity contribution in [3.63, 3.8) is 0 Å². The Kier molecular flexibility index (Phi) is 5.10. The standard InChI is InChI=1S/C14H17FN2O4/c1-2-20-12-7-11(12)14(19)17-16-13(18)8-21-10-5-3-9(15)4-6-10/h3-6,11-12H,2,7-8H2,1H3,(H,16,18)(H,17,19)/t11-,12-/m1/s1. The van der Waals surface area contributed by atoms with Gasteiger partial charge in [-0.2, -0.15) is 0 Å². The first-order valence-electron chi connectivity index (χ1n) is 6.68. The van der Waals surface area contributed by atoms with E-state index in [0.29, 0.717) is 18.8 Å². The number of nitrogens with one attached hydrogen (secondary N) is 2. The van der Waals surface area contributed by atoms with Crippen molar-refractivity contribution < 1.29 is 23.5 Å². The van der Waals surface area contributed by atoms with Crippen LogP contribution in [0.1, 0.15) is 13.3 Å². The Morgan fingerprint density at radius 1 is 1.29 bits per heavy atom. The lowest BCUT2D eigenvalue weighted by Crippen LogP contribution is -2.44. The highest BCUT2D eigenvalue weighted by atomic mass is 19.1. The summed E-state index contributed by atoms with van der Waals surface area (Å²) in [6, 6.07) is 5.29. The molecule has 1 aromatic rings. The second kappa shape index (κ2) is 7.03. The minimum Gasteiger partial charge on any atom is -0.484 e. The monoisotopic (exact) mass is 296 g/mol. The van der Waals surface area contributed by atoms with Gasteiger partial charge in [-0.1, -0.05) is 0 Å². The van der Waals surface area contributed by atoms with E-state index in [-0.39, 0.29) is 30.4 Å². The Morgan fingerprint density at radius 3 is 2.67 bits per heavy atom. The maximum absolute atomic E-state index is 12.7. The summed E-state index contributed by atoms with van der Waals surface area (Å²) >= 11 is 0. The first-order chi connectivity index (χ1) is 10.1. The van der Waals surface area contributed by atoms with E-state index in [1.165, 1.54) is 24.3 Å². The fourth-order valence-electron chi connectivity index (χ4n) is 1.79. The van der Waals surface area contributed by atoms with E-state index in [1.54, 1.807) is 0 Å². The highest BCUT2D eigenvalue weighted by molar-refractivity contribution is 5.85. The molecule has 0 unspecified atom stereocenters. The first-order valence-corrected chi connectivity index (χ1v) is 6.68. The van der Waals surface area contributed by atoms with Gasteiger partial charge in [0.25, 0.3) is 5.91 Å². The van der Waals surface area contributed by atoms with Gasteiger partial charge in [-0.15, -0.1) is 0 Å². The molecule has 1 aliphatic carbocycles. The second-order valence-corrected chi connectivity index (χ2v) is 4.62. The molecule has 1 fully saturated rings. The van der Waals surface area contributed by atoms with Crippen LogP contribution in [0.5, 0.6) is 5.75 Å². The summed E-state index contributed by atoms with van der Waals surface area (Å²) in [7, 11) is 0. The molecule has 2 atom stereocenters. The fraction of sp³-hybridized carbons (Fsp3) is 0.429. The predicted octanol–water partition coefficient (Wildman–Crippen LogP) is 0.777. The molecule has 21 heavy (non-hydrogen) atoms. The predicted molar refractivity (Wildman–Crippen MR) is 71.7 cm³/mol. The first kappa shape index (κ1) is 15.2. The Morgan fingerprint density at radius 2 is 2.00 bits per heavy atom. The number of rotatable bonds is 6. The number of hydrazine groups is 1. The molecule has 1 aliphatic rings. The van der Waals surface area contributed by atoms with Crippen LogP contribution in [0.2, 0.25) is 0 Å². The Labute approximate surface area is 121 Å². The molecule has 2 N–H and O–H groups in total. The van der Waals surface area contributed by atoms with Crippen LogP contribution in [0.4, 0.5) is 4.39 Å². The minimum atomic E-state index is -0.499. The van der Waals surface area contributed by atoms with E-state index < -0.39 is 5.91 Å². The van der Waals surface area contributed by atoms with E-state index in [0.717, 1.165) is 0 Å². The van der Waals surface area contributed by atoms with Crippen LogP contribution in [0.15, 0.2) is 24.3 Å². The summed E-state index contributed by atoms with van der Waals surface area (Å²) in [6.45, 7) is 2.15. The average molecular weight is 296 g/mol. The lowest BCUT2D eigenvalue weighted by molar-refractivity contribution is -0.131. The molecule has 6 nitrogen and oxygen atoms in total. The molecule has 0 bridgehead atoms. The highest BCUT2D eigenvalue weighted by Crippen LogP contribution is 2.33. The summed E-state index contributed by atoms with van der Waals surface area (Å²) in [5.74, 6) is -0.989. The lowest BCUT2D eigenvalue weighted by atomic mass is 10.3. The molecule has 1 aromatic carbocycles. The number of hydrogen-bond acceptors (Lipinski definition) is 4. The molecular weight excluding hydrogens is 279 g/mol. The molecule has 0 aliphatic heterocycles. The van der Waals surface area contributed by atoms with Crippen molar-refractivity contribution in [1.29, 1.82) is 0 Å². The Hall–Kier alpha value is -2.15. The van der Waals surface area contributed by atoms with Crippen LogP contribution in [-0.2, 0) is 14.3 Å². The SMILES string of the molecule is CCO[C@@H]1C[C@H]1C(=O)NNC(=O)COc1ccc(F)cc1. The van der Waals surface area contributed by atoms with Gasteiger partial charge in [0.1, 0.15) is 11.6 Å².